The molecule has 684 valence electrons. The van der Waals surface area contributed by atoms with E-state index < -0.39 is 224 Å². The van der Waals surface area contributed by atoms with Crippen LogP contribution in [-0.4, -0.2) is 281 Å². The summed E-state index contributed by atoms with van der Waals surface area (Å²) < 4.78 is 31.7. The molecule has 46 heteroatoms. The zero-order chi connectivity index (χ0) is 92.6. The Labute approximate surface area is 719 Å². The number of amides is 13. The number of nitrogens with two attached hydrogens (primary N) is 2. The van der Waals surface area contributed by atoms with E-state index in [1.54, 1.807) is 80.9 Å². The van der Waals surface area contributed by atoms with Gasteiger partial charge in [-0.05, 0) is 117 Å². The van der Waals surface area contributed by atoms with E-state index in [2.05, 4.69) is 84.1 Å². The maximum absolute atomic E-state index is 15.2. The van der Waals surface area contributed by atoms with Gasteiger partial charge in [-0.25, -0.2) is 14.6 Å². The van der Waals surface area contributed by atoms with Gasteiger partial charge in [0.25, 0.3) is 0 Å². The molecule has 3 aromatic carbocycles. The van der Waals surface area contributed by atoms with E-state index in [0.29, 0.717) is 46.9 Å². The molecule has 2 aromatic heterocycles. The van der Waals surface area contributed by atoms with Gasteiger partial charge in [0.1, 0.15) is 78.3 Å². The number of H-pyrrole nitrogens is 2. The van der Waals surface area contributed by atoms with E-state index in [4.69, 9.17) is 26.8 Å². The van der Waals surface area contributed by atoms with Crippen LogP contribution in [0.4, 0.5) is 13.2 Å². The quantitative estimate of drug-likeness (QED) is 0.0103. The third-order valence-electron chi connectivity index (χ3n) is 19.4. The van der Waals surface area contributed by atoms with Gasteiger partial charge in [-0.3, -0.25) is 72.5 Å². The molecule has 125 heavy (non-hydrogen) atoms. The van der Waals surface area contributed by atoms with Gasteiger partial charge in [0.05, 0.1) is 26.1 Å². The number of fused-ring (bicyclic) bond motifs is 1. The molecule has 42 nitrogen and oxygen atoms in total. The maximum atomic E-state index is 15.2. The number of aliphatic hydroxyl groups excluding tert-OH is 2. The number of phenolic OH excluding ortho intramolecular Hbond substituents is 1. The fraction of sp³-hybridized carbons (Fsp3) is 0.494. The topological polar surface area (TPSA) is 674 Å². The second kappa shape index (κ2) is 51.8. The fourth-order valence-corrected chi connectivity index (χ4v) is 13.4. The number of thioether (sulfide) groups is 1. The number of nitrogens with one attached hydrogen (secondary N) is 16. The van der Waals surface area contributed by atoms with Crippen molar-refractivity contribution >= 4 is 123 Å². The molecule has 0 saturated carbocycles. The summed E-state index contributed by atoms with van der Waals surface area (Å²) in [5.74, 6) is -18.5. The average molecular weight is 1780 g/mol. The van der Waals surface area contributed by atoms with Crippen molar-refractivity contribution in [2.24, 2.45) is 17.4 Å². The largest absolute Gasteiger partial charge is 0.508 e. The minimum Gasteiger partial charge on any atom is -0.508 e. The molecule has 0 bridgehead atoms. The first-order valence-electron chi connectivity index (χ1n) is 39.7. The van der Waals surface area contributed by atoms with Crippen LogP contribution in [0.25, 0.3) is 10.9 Å². The van der Waals surface area contributed by atoms with Crippen LogP contribution in [-0.2, 0) is 102 Å². The van der Waals surface area contributed by atoms with E-state index in [0.717, 1.165) is 6.92 Å². The fourth-order valence-electron chi connectivity index (χ4n) is 12.9. The Balaban J connectivity index is 0.00000379. The predicted octanol–water partition coefficient (Wildman–Crippen LogP) is -3.30. The van der Waals surface area contributed by atoms with Crippen LogP contribution in [0.3, 0.4) is 0 Å². The molecule has 0 aliphatic carbocycles. The Morgan fingerprint density at radius 1 is 0.584 bits per heavy atom. The molecular weight excluding hydrogens is 1670 g/mol. The number of para-hydroxylation sites is 1. The highest BCUT2D eigenvalue weighted by Gasteiger charge is 2.42. The number of aromatic nitrogens is 3. The first-order valence-corrected chi connectivity index (χ1v) is 41.1. The van der Waals surface area contributed by atoms with Crippen molar-refractivity contribution in [3.05, 3.63) is 120 Å². The number of aromatic hydroxyl groups is 1. The molecule has 0 unspecified atom stereocenters. The van der Waals surface area contributed by atoms with Gasteiger partial charge in [0.15, 0.2) is 5.96 Å². The van der Waals surface area contributed by atoms with Gasteiger partial charge in [-0.1, -0.05) is 74.5 Å². The molecule has 1 saturated heterocycles. The number of alkyl halides is 3. The highest BCUT2D eigenvalue weighted by Crippen LogP contribution is 2.23. The number of rotatable bonds is 50. The number of phenols is 1. The summed E-state index contributed by atoms with van der Waals surface area (Å²) in [5, 5.41) is 98.6. The number of likely N-dealkylation sites (tertiary alicyclic amines) is 1. The number of hydrogen-bond donors (Lipinski definition) is 24. The van der Waals surface area contributed by atoms with Crippen molar-refractivity contribution in [3.63, 3.8) is 0 Å². The number of carbonyl (C=O) groups is 16. The van der Waals surface area contributed by atoms with E-state index in [1.165, 1.54) is 53.5 Å². The normalized spacial score (nSPS) is 15.0. The molecule has 0 radical (unpaired) electrons. The van der Waals surface area contributed by atoms with Gasteiger partial charge in [-0.15, -0.1) is 0 Å². The third kappa shape index (κ3) is 35.1. The standard InChI is InChI=1S/C77H108N20O20S.C2HF3O2/c1-42(2)64(76(116)117)96-74(114)61-20-13-30-97(61)75(115)54(18-10-11-28-78)87-62(102)38-84-65(105)57(34-46-36-83-50-17-9-8-16-49(46)50)93-66(106)51(19-12-29-82-77(79)80)88-69(109)55(32-44-14-6-5-7-15-44)91-71(111)58(35-47-37-81-41-85-47)94-67(107)52(25-26-63(103)104)89-68(108)53(27-31-118-4)90-73(113)60(40-99)95-70(110)56(33-45-21-23-48(101)24-22-45)92-72(112)59(39-98)86-43(3)100;3-2(4,5)1(6)7/h5-9,14-17,21-24,36-37,41-42,51-61,64,83,98-99,101H,10-13,18-20,25-35,38-40,78H2,1-4H3,(H,81,85)(H,84,105)(H,86,100)(H,87,102)(H,88,109)(H,89,108)(H,90,113)(H,91,111)(H,92,112)(H,93,106)(H,94,107)(H,95,110)(H,96,114)(H,103,104)(H,116,117)(H4,79,80,82);(H,6,7)/t51-,52-,53-,54-,55-,56-,57-,58-,59-,60-,61-,64-;/m0./s1. The highest BCUT2D eigenvalue weighted by atomic mass is 32.2. The lowest BCUT2D eigenvalue weighted by atomic mass is 10.0. The zero-order valence-corrected chi connectivity index (χ0v) is 69.7. The molecule has 3 heterocycles. The molecule has 6 rings (SSSR count). The monoisotopic (exact) mass is 1780 g/mol. The second-order valence-electron chi connectivity index (χ2n) is 29.4. The lowest BCUT2D eigenvalue weighted by Crippen LogP contribution is -2.61. The van der Waals surface area contributed by atoms with Crippen molar-refractivity contribution in [3.8, 4) is 5.75 Å². The molecule has 5 aromatic rings. The van der Waals surface area contributed by atoms with Crippen LogP contribution in [0, 0.1) is 11.3 Å². The average Bonchev–Trinajstić information content (AvgIpc) is 1.79. The van der Waals surface area contributed by atoms with Crippen LogP contribution < -0.4 is 80.6 Å². The van der Waals surface area contributed by atoms with Crippen LogP contribution >= 0.6 is 11.8 Å². The van der Waals surface area contributed by atoms with Gasteiger partial charge < -0.3 is 126 Å². The number of unbranched alkanes of at least 4 members (excludes halogenated alkanes) is 1. The first-order chi connectivity index (χ1) is 59.3. The minimum atomic E-state index is -5.08. The van der Waals surface area contributed by atoms with Gasteiger partial charge in [0.2, 0.25) is 76.8 Å². The molecule has 1 aliphatic rings. The molecule has 26 N–H and O–H groups in total. The number of aliphatic hydroxyl groups is 2. The SMILES string of the molecule is CSCC[C@H](NC(=O)[C@H](CO)NC(=O)[C@H](Cc1ccc(O)cc1)NC(=O)[C@H](CO)NC(C)=O)C(=O)N[C@@H](CCC(=O)O)C(=O)N[C@@H](Cc1cnc[nH]1)C(=O)N[C@@H](Cc1ccccc1)C(=O)N[C@@H](CCCNC(=N)N)C(=O)N[C@@H](Cc1c[nH]c2ccccc12)C(=O)NCC(=O)N[C@@H](CCCCN)C(=O)N1CCC[C@H]1C(=O)N[C@H](C(=O)O)C(C)C.O=C(O)C(F)(F)F. The minimum absolute atomic E-state index is 0.00944. The number of aliphatic carboxylic acids is 3. The number of carboxylic acid groups (broad SMARTS) is 3. The Morgan fingerprint density at radius 3 is 1.59 bits per heavy atom. The van der Waals surface area contributed by atoms with Crippen molar-refractivity contribution < 1.29 is 121 Å². The van der Waals surface area contributed by atoms with E-state index >= 15 is 14.4 Å². The first kappa shape index (κ1) is 103. The Kier molecular flexibility index (Phi) is 42.5. The molecule has 1 aliphatic heterocycles. The van der Waals surface area contributed by atoms with Gasteiger partial charge in [0, 0.05) is 81.1 Å². The summed E-state index contributed by atoms with van der Waals surface area (Å²) in [4.78, 5) is 229. The summed E-state index contributed by atoms with van der Waals surface area (Å²) in [6, 6.07) is 2.56. The van der Waals surface area contributed by atoms with Gasteiger partial charge >= 0.3 is 24.1 Å². The Morgan fingerprint density at radius 2 is 1.08 bits per heavy atom. The zero-order valence-electron chi connectivity index (χ0n) is 68.9. The Bertz CT molecular complexity index is 4490. The molecule has 13 amide bonds. The summed E-state index contributed by atoms with van der Waals surface area (Å²) in [7, 11) is 0. The summed E-state index contributed by atoms with van der Waals surface area (Å²) in [6.45, 7) is 1.97. The summed E-state index contributed by atoms with van der Waals surface area (Å²) >= 11 is 1.23. The van der Waals surface area contributed by atoms with Crippen LogP contribution in [0.5, 0.6) is 5.75 Å². The summed E-state index contributed by atoms with van der Waals surface area (Å²) in [6.07, 6.45) is -0.614. The summed E-state index contributed by atoms with van der Waals surface area (Å²) in [5.41, 5.74) is 13.7. The number of hydrogen-bond acceptors (Lipinski definition) is 23. The van der Waals surface area contributed by atoms with E-state index in [9.17, 15) is 96.2 Å². The van der Waals surface area contributed by atoms with Crippen molar-refractivity contribution in [1.82, 2.24) is 89.0 Å². The number of nitrogens with zero attached hydrogens (tertiary/aromatic N) is 2. The van der Waals surface area contributed by atoms with Crippen molar-refractivity contribution in [2.75, 3.05) is 51.4 Å². The second-order valence-corrected chi connectivity index (χ2v) is 30.4. The van der Waals surface area contributed by atoms with E-state index in [1.807, 2.05) is 0 Å². The number of carboxylic acids is 3. The molecular formula is C79H109F3N20O22S. The number of halogens is 3. The van der Waals surface area contributed by atoms with Crippen molar-refractivity contribution in [2.45, 2.75) is 189 Å². The number of aromatic amines is 2. The lowest BCUT2D eigenvalue weighted by Gasteiger charge is -2.30. The maximum Gasteiger partial charge on any atom is 0.490 e. The highest BCUT2D eigenvalue weighted by molar-refractivity contribution is 7.98. The van der Waals surface area contributed by atoms with Crippen LogP contribution in [0.1, 0.15) is 107 Å². The number of guanidine groups is 1. The molecule has 12 atom stereocenters. The number of carbonyl (C=O) groups excluding carboxylic acids is 13. The van der Waals surface area contributed by atoms with Crippen LogP contribution in [0.15, 0.2) is 97.6 Å². The number of benzene rings is 3. The third-order valence-corrected chi connectivity index (χ3v) is 20.1. The Hall–Kier alpha value is -13.0. The molecule has 0 spiro atoms. The number of imidazole rings is 1. The van der Waals surface area contributed by atoms with Crippen LogP contribution in [0.2, 0.25) is 0 Å². The smallest absolute Gasteiger partial charge is 0.490 e. The van der Waals surface area contributed by atoms with E-state index in [-0.39, 0.29) is 88.2 Å². The predicted molar refractivity (Wildman–Crippen MR) is 443 cm³/mol. The van der Waals surface area contributed by atoms with Crippen molar-refractivity contribution in [1.29, 1.82) is 5.41 Å². The van der Waals surface area contributed by atoms with Gasteiger partial charge in [-0.2, -0.15) is 24.9 Å². The lowest BCUT2D eigenvalue weighted by molar-refractivity contribution is -0.192. The molecule has 1 fully saturated rings.